The Labute approximate surface area is 54.8 Å². The average Bonchev–Trinajstić information content (AvgIpc) is 1.63. The van der Waals surface area contributed by atoms with Crippen LogP contribution in [0.15, 0.2) is 0 Å². The number of nitrogens with two attached hydrogens (primary N) is 2. The molecule has 0 unspecified atom stereocenters. The van der Waals surface area contributed by atoms with Crippen LogP contribution in [0.25, 0.3) is 0 Å². The lowest BCUT2D eigenvalue weighted by molar-refractivity contribution is -0.118. The molecule has 0 saturated carbocycles. The summed E-state index contributed by atoms with van der Waals surface area (Å²) in [6.45, 7) is 1.82. The molecule has 0 rings (SSSR count). The van der Waals surface area contributed by atoms with E-state index in [0.717, 1.165) is 0 Å². The quantitative estimate of drug-likeness (QED) is 0.467. The SMILES string of the molecule is CC(=O)CN(C)C(N)N. The van der Waals surface area contributed by atoms with Crippen LogP contribution in [0.1, 0.15) is 6.92 Å². The van der Waals surface area contributed by atoms with Gasteiger partial charge in [0.05, 0.1) is 6.54 Å². The Morgan fingerprint density at radius 3 is 2.22 bits per heavy atom. The molecular weight excluding hydrogens is 118 g/mol. The van der Waals surface area contributed by atoms with Crippen LogP contribution >= 0.6 is 0 Å². The van der Waals surface area contributed by atoms with Gasteiger partial charge in [0.1, 0.15) is 12.1 Å². The van der Waals surface area contributed by atoms with Gasteiger partial charge in [-0.1, -0.05) is 0 Å². The molecular formula is C5H13N3O. The number of ketones is 1. The molecule has 4 N–H and O–H groups in total. The van der Waals surface area contributed by atoms with Crippen molar-refractivity contribution < 1.29 is 4.79 Å². The Morgan fingerprint density at radius 1 is 1.67 bits per heavy atom. The van der Waals surface area contributed by atoms with Gasteiger partial charge < -0.3 is 11.5 Å². The largest absolute Gasteiger partial charge is 0.304 e. The lowest BCUT2D eigenvalue weighted by atomic mass is 10.4. The van der Waals surface area contributed by atoms with Gasteiger partial charge in [-0.2, -0.15) is 0 Å². The summed E-state index contributed by atoms with van der Waals surface area (Å²) < 4.78 is 0. The maximum Gasteiger partial charge on any atom is 0.143 e. The fourth-order valence-corrected chi connectivity index (χ4v) is 0.457. The Hall–Kier alpha value is -0.450. The molecule has 0 radical (unpaired) electrons. The highest BCUT2D eigenvalue weighted by Crippen LogP contribution is 1.80. The van der Waals surface area contributed by atoms with E-state index in [1.165, 1.54) is 6.92 Å². The van der Waals surface area contributed by atoms with Crippen molar-refractivity contribution in [1.82, 2.24) is 4.90 Å². The Bertz CT molecular complexity index is 102. The van der Waals surface area contributed by atoms with E-state index in [4.69, 9.17) is 11.5 Å². The summed E-state index contributed by atoms with van der Waals surface area (Å²) in [5.41, 5.74) is 10.5. The van der Waals surface area contributed by atoms with Gasteiger partial charge in [-0.05, 0) is 14.0 Å². The third-order valence-electron chi connectivity index (χ3n) is 0.981. The molecule has 0 heterocycles. The van der Waals surface area contributed by atoms with Crippen LogP contribution in [-0.4, -0.2) is 30.6 Å². The van der Waals surface area contributed by atoms with Crippen molar-refractivity contribution in [1.29, 1.82) is 0 Å². The van der Waals surface area contributed by atoms with Crippen LogP contribution < -0.4 is 11.5 Å². The predicted octanol–water partition coefficient (Wildman–Crippen LogP) is -1.29. The third-order valence-corrected chi connectivity index (χ3v) is 0.981. The first-order chi connectivity index (χ1) is 4.04. The van der Waals surface area contributed by atoms with Gasteiger partial charge in [-0.3, -0.25) is 9.69 Å². The molecule has 0 amide bonds. The second-order valence-corrected chi connectivity index (χ2v) is 2.11. The summed E-state index contributed by atoms with van der Waals surface area (Å²) in [5.74, 6) is 0.0680. The van der Waals surface area contributed by atoms with Crippen LogP contribution in [0.4, 0.5) is 0 Å². The van der Waals surface area contributed by atoms with Crippen molar-refractivity contribution >= 4 is 5.78 Å². The predicted molar refractivity (Wildman–Crippen MR) is 35.5 cm³/mol. The normalized spacial score (nSPS) is 10.9. The van der Waals surface area contributed by atoms with E-state index < -0.39 is 6.29 Å². The monoisotopic (exact) mass is 131 g/mol. The molecule has 0 saturated heterocycles. The highest BCUT2D eigenvalue weighted by Gasteiger charge is 2.04. The van der Waals surface area contributed by atoms with E-state index in [2.05, 4.69) is 0 Å². The number of carbonyl (C=O) groups excluding carboxylic acids is 1. The maximum atomic E-state index is 10.4. The molecule has 0 aliphatic carbocycles. The summed E-state index contributed by atoms with van der Waals surface area (Å²) in [6.07, 6.45) is -0.533. The van der Waals surface area contributed by atoms with Crippen molar-refractivity contribution in [3.05, 3.63) is 0 Å². The summed E-state index contributed by atoms with van der Waals surface area (Å²) in [7, 11) is 1.70. The summed E-state index contributed by atoms with van der Waals surface area (Å²) >= 11 is 0. The van der Waals surface area contributed by atoms with Crippen LogP contribution in [0.3, 0.4) is 0 Å². The first-order valence-electron chi connectivity index (χ1n) is 2.75. The molecule has 4 nitrogen and oxygen atoms in total. The Kier molecular flexibility index (Phi) is 3.37. The molecule has 0 aromatic rings. The van der Waals surface area contributed by atoms with Crippen LogP contribution in [-0.2, 0) is 4.79 Å². The van der Waals surface area contributed by atoms with Gasteiger partial charge in [0.2, 0.25) is 0 Å². The zero-order valence-electron chi connectivity index (χ0n) is 5.79. The Balaban J connectivity index is 3.50. The van der Waals surface area contributed by atoms with E-state index >= 15 is 0 Å². The fourth-order valence-electron chi connectivity index (χ4n) is 0.457. The molecule has 0 spiro atoms. The molecule has 0 aliphatic rings. The van der Waals surface area contributed by atoms with Crippen molar-refractivity contribution in [2.75, 3.05) is 13.6 Å². The number of nitrogens with zero attached hydrogens (tertiary/aromatic N) is 1. The minimum Gasteiger partial charge on any atom is -0.304 e. The van der Waals surface area contributed by atoms with Crippen molar-refractivity contribution in [3.8, 4) is 0 Å². The number of hydrogen-bond donors (Lipinski definition) is 2. The number of likely N-dealkylation sites (N-methyl/N-ethyl adjacent to an activating group) is 1. The van der Waals surface area contributed by atoms with Gasteiger partial charge >= 0.3 is 0 Å². The topological polar surface area (TPSA) is 72.3 Å². The standard InChI is InChI=1S/C5H13N3O/c1-4(9)3-8(2)5(6)7/h5H,3,6-7H2,1-2H3. The van der Waals surface area contributed by atoms with Gasteiger partial charge in [0.25, 0.3) is 0 Å². The third kappa shape index (κ3) is 4.08. The second kappa shape index (κ2) is 3.55. The summed E-state index contributed by atoms with van der Waals surface area (Å²) in [4.78, 5) is 12.0. The number of Topliss-reactive ketones (excluding diaryl/α,β-unsaturated/α-hetero) is 1. The molecule has 0 aromatic carbocycles. The number of carbonyl (C=O) groups is 1. The molecule has 9 heavy (non-hydrogen) atoms. The number of hydrogen-bond acceptors (Lipinski definition) is 4. The highest BCUT2D eigenvalue weighted by molar-refractivity contribution is 5.77. The Morgan fingerprint density at radius 2 is 2.11 bits per heavy atom. The number of rotatable bonds is 3. The van der Waals surface area contributed by atoms with Gasteiger partial charge in [-0.15, -0.1) is 0 Å². The van der Waals surface area contributed by atoms with E-state index in [0.29, 0.717) is 6.54 Å². The minimum atomic E-state index is -0.533. The molecule has 0 aliphatic heterocycles. The zero-order valence-corrected chi connectivity index (χ0v) is 5.79. The maximum absolute atomic E-state index is 10.4. The van der Waals surface area contributed by atoms with E-state index in [-0.39, 0.29) is 5.78 Å². The van der Waals surface area contributed by atoms with Gasteiger partial charge in [0, 0.05) is 0 Å². The smallest absolute Gasteiger partial charge is 0.143 e. The zero-order chi connectivity index (χ0) is 7.44. The molecule has 0 atom stereocenters. The minimum absolute atomic E-state index is 0.0680. The molecule has 0 bridgehead atoms. The first-order valence-corrected chi connectivity index (χ1v) is 2.75. The lowest BCUT2D eigenvalue weighted by Crippen LogP contribution is -2.48. The van der Waals surface area contributed by atoms with Crippen LogP contribution in [0.5, 0.6) is 0 Å². The second-order valence-electron chi connectivity index (χ2n) is 2.11. The molecule has 0 aromatic heterocycles. The highest BCUT2D eigenvalue weighted by atomic mass is 16.1. The molecule has 0 fully saturated rings. The molecule has 54 valence electrons. The van der Waals surface area contributed by atoms with Crippen molar-refractivity contribution in [3.63, 3.8) is 0 Å². The lowest BCUT2D eigenvalue weighted by Gasteiger charge is -2.18. The van der Waals surface area contributed by atoms with E-state index in [1.807, 2.05) is 0 Å². The van der Waals surface area contributed by atoms with E-state index in [9.17, 15) is 4.79 Å². The summed E-state index contributed by atoms with van der Waals surface area (Å²) in [5, 5.41) is 0. The van der Waals surface area contributed by atoms with Gasteiger partial charge in [0.15, 0.2) is 0 Å². The average molecular weight is 131 g/mol. The summed E-state index contributed by atoms with van der Waals surface area (Å²) in [6, 6.07) is 0. The van der Waals surface area contributed by atoms with Crippen LogP contribution in [0, 0.1) is 0 Å². The van der Waals surface area contributed by atoms with Crippen LogP contribution in [0.2, 0.25) is 0 Å². The van der Waals surface area contributed by atoms with Gasteiger partial charge in [-0.25, -0.2) is 0 Å². The fraction of sp³-hybridized carbons (Fsp3) is 0.800. The van der Waals surface area contributed by atoms with Crippen molar-refractivity contribution in [2.45, 2.75) is 13.2 Å². The first kappa shape index (κ1) is 8.55. The van der Waals surface area contributed by atoms with Crippen molar-refractivity contribution in [2.24, 2.45) is 11.5 Å². The molecule has 4 heteroatoms. The van der Waals surface area contributed by atoms with E-state index in [1.54, 1.807) is 11.9 Å².